The Morgan fingerprint density at radius 2 is 1.64 bits per heavy atom. The number of hydrogen-bond acceptors (Lipinski definition) is 9. The van der Waals surface area contributed by atoms with Crippen molar-refractivity contribution in [3.05, 3.63) is 138 Å². The molecule has 58 heavy (non-hydrogen) atoms. The standard InChI is InChI=1S/C46H46N4O5S3/c1-4-32-15-16-33(57-32)26-49-38-25-41(28-9-7-6-8-10-28)58-43(38)45(52)50(46(49)53)31-17-20-48(21-18-31)44(51)30-13-11-29(12-14-30)42-35-24-39(54-3)40(55-5-2)23-34(35)36-27-56-22-19-37(36)47-42/h6-16,23-25,31,36-37H,4-5,17-22,26-27H2,1-3H3/t36-,37-/m1/s1. The highest BCUT2D eigenvalue weighted by Crippen LogP contribution is 2.44. The quantitative estimate of drug-likeness (QED) is 0.137. The van der Waals surface area contributed by atoms with Gasteiger partial charge in [-0.2, -0.15) is 11.8 Å². The molecule has 2 atom stereocenters. The number of rotatable bonds is 10. The summed E-state index contributed by atoms with van der Waals surface area (Å²) in [5.41, 5.74) is 5.93. The number of carbonyl (C=O) groups is 1. The smallest absolute Gasteiger partial charge is 0.332 e. The molecular weight excluding hydrogens is 785 g/mol. The van der Waals surface area contributed by atoms with Crippen molar-refractivity contribution in [3.63, 3.8) is 0 Å². The van der Waals surface area contributed by atoms with Gasteiger partial charge in [-0.3, -0.25) is 23.7 Å². The number of ether oxygens (including phenoxy) is 2. The molecule has 3 aromatic carbocycles. The van der Waals surface area contributed by atoms with Crippen molar-refractivity contribution in [1.82, 2.24) is 14.0 Å². The van der Waals surface area contributed by atoms with Crippen LogP contribution in [0.1, 0.15) is 81.9 Å². The van der Waals surface area contributed by atoms with E-state index in [0.29, 0.717) is 66.5 Å². The molecule has 1 amide bonds. The number of nitrogens with zero attached hydrogens (tertiary/aromatic N) is 4. The lowest BCUT2D eigenvalue weighted by molar-refractivity contribution is 0.0691. The van der Waals surface area contributed by atoms with Crippen molar-refractivity contribution in [2.75, 3.05) is 38.3 Å². The van der Waals surface area contributed by atoms with Crippen LogP contribution in [-0.4, -0.2) is 70.0 Å². The van der Waals surface area contributed by atoms with E-state index in [0.717, 1.165) is 62.3 Å². The van der Waals surface area contributed by atoms with Gasteiger partial charge in [0.1, 0.15) is 4.70 Å². The highest BCUT2D eigenvalue weighted by Gasteiger charge is 2.35. The second-order valence-electron chi connectivity index (χ2n) is 15.1. The average molecular weight is 831 g/mol. The summed E-state index contributed by atoms with van der Waals surface area (Å²) < 4.78 is 15.6. The van der Waals surface area contributed by atoms with Gasteiger partial charge in [-0.25, -0.2) is 4.79 Å². The molecule has 3 aliphatic heterocycles. The van der Waals surface area contributed by atoms with Crippen LogP contribution >= 0.6 is 34.4 Å². The van der Waals surface area contributed by atoms with E-state index < -0.39 is 0 Å². The summed E-state index contributed by atoms with van der Waals surface area (Å²) in [5, 5.41) is 0. The number of piperidine rings is 1. The molecular formula is C46H46N4O5S3. The van der Waals surface area contributed by atoms with E-state index in [1.807, 2.05) is 84.2 Å². The van der Waals surface area contributed by atoms with Crippen LogP contribution in [0.2, 0.25) is 0 Å². The normalized spacial score (nSPS) is 18.1. The molecule has 9 rings (SSSR count). The van der Waals surface area contributed by atoms with Gasteiger partial charge in [0.25, 0.3) is 11.5 Å². The lowest BCUT2D eigenvalue weighted by Crippen LogP contribution is -2.46. The first kappa shape index (κ1) is 38.6. The molecule has 2 fully saturated rings. The molecule has 6 aromatic rings. The van der Waals surface area contributed by atoms with Crippen LogP contribution in [-0.2, 0) is 13.0 Å². The second-order valence-corrected chi connectivity index (χ2v) is 18.6. The lowest BCUT2D eigenvalue weighted by Gasteiger charge is -2.35. The van der Waals surface area contributed by atoms with Crippen LogP contribution in [0.3, 0.4) is 0 Å². The SMILES string of the molecule is CCOc1cc2c(cc1OC)C(c1ccc(C(=O)N3CCC(n4c(=O)c5sc(-c6ccccc6)cc5n(Cc5ccc(CC)s5)c4=O)CC3)cc1)=N[C@@H]1CCSC[C@H]21. The number of likely N-dealkylation sites (tertiary alicyclic amines) is 1. The Morgan fingerprint density at radius 1 is 0.862 bits per heavy atom. The number of aryl methyl sites for hydroxylation is 1. The molecule has 6 heterocycles. The highest BCUT2D eigenvalue weighted by molar-refractivity contribution is 7.99. The van der Waals surface area contributed by atoms with Crippen LogP contribution in [0.15, 0.2) is 99.5 Å². The Hall–Kier alpha value is -4.91. The molecule has 0 radical (unpaired) electrons. The van der Waals surface area contributed by atoms with Gasteiger partial charge in [0.15, 0.2) is 11.5 Å². The molecule has 0 aliphatic carbocycles. The van der Waals surface area contributed by atoms with Crippen LogP contribution in [0.4, 0.5) is 0 Å². The Balaban J connectivity index is 0.967. The zero-order valence-corrected chi connectivity index (χ0v) is 35.4. The number of thioether (sulfide) groups is 1. The molecule has 2 saturated heterocycles. The zero-order chi connectivity index (χ0) is 39.9. The number of amides is 1. The van der Waals surface area contributed by atoms with Gasteiger partial charge in [0, 0.05) is 62.1 Å². The second kappa shape index (κ2) is 16.4. The summed E-state index contributed by atoms with van der Waals surface area (Å²) in [6.45, 7) is 5.96. The van der Waals surface area contributed by atoms with Gasteiger partial charge in [0.2, 0.25) is 0 Å². The van der Waals surface area contributed by atoms with Crippen molar-refractivity contribution < 1.29 is 14.3 Å². The number of carbonyl (C=O) groups excluding carboxylic acids is 1. The van der Waals surface area contributed by atoms with Crippen LogP contribution in [0.25, 0.3) is 20.7 Å². The zero-order valence-electron chi connectivity index (χ0n) is 32.9. The fourth-order valence-electron chi connectivity index (χ4n) is 8.68. The molecule has 0 saturated carbocycles. The van der Waals surface area contributed by atoms with Crippen molar-refractivity contribution in [2.45, 2.75) is 64.1 Å². The predicted molar refractivity (Wildman–Crippen MR) is 237 cm³/mol. The maximum absolute atomic E-state index is 14.4. The first-order valence-electron chi connectivity index (χ1n) is 20.2. The monoisotopic (exact) mass is 830 g/mol. The predicted octanol–water partition coefficient (Wildman–Crippen LogP) is 8.89. The van der Waals surface area contributed by atoms with Gasteiger partial charge in [-0.05, 0) is 92.0 Å². The first-order valence-corrected chi connectivity index (χ1v) is 23.0. The third-order valence-electron chi connectivity index (χ3n) is 11.7. The minimum absolute atomic E-state index is 0.0567. The summed E-state index contributed by atoms with van der Waals surface area (Å²) in [5.74, 6) is 3.81. The van der Waals surface area contributed by atoms with Gasteiger partial charge < -0.3 is 14.4 Å². The maximum Gasteiger partial charge on any atom is 0.332 e. The number of methoxy groups -OCH3 is 1. The molecule has 0 N–H and O–H groups in total. The third kappa shape index (κ3) is 7.13. The largest absolute Gasteiger partial charge is 0.493 e. The minimum Gasteiger partial charge on any atom is -0.493 e. The minimum atomic E-state index is -0.314. The Morgan fingerprint density at radius 3 is 2.36 bits per heavy atom. The summed E-state index contributed by atoms with van der Waals surface area (Å²) >= 11 is 5.12. The van der Waals surface area contributed by atoms with Crippen molar-refractivity contribution in [1.29, 1.82) is 0 Å². The summed E-state index contributed by atoms with van der Waals surface area (Å²) in [6.07, 6.45) is 2.98. The van der Waals surface area contributed by atoms with E-state index in [4.69, 9.17) is 14.5 Å². The van der Waals surface area contributed by atoms with E-state index in [-0.39, 0.29) is 29.2 Å². The van der Waals surface area contributed by atoms with E-state index in [9.17, 15) is 14.4 Å². The summed E-state index contributed by atoms with van der Waals surface area (Å²) in [4.78, 5) is 53.1. The van der Waals surface area contributed by atoms with E-state index >= 15 is 0 Å². The van der Waals surface area contributed by atoms with Crippen LogP contribution < -0.4 is 20.7 Å². The molecule has 298 valence electrons. The van der Waals surface area contributed by atoms with E-state index in [2.05, 4.69) is 31.2 Å². The van der Waals surface area contributed by atoms with E-state index in [1.54, 1.807) is 23.0 Å². The Bertz CT molecular complexity index is 2630. The van der Waals surface area contributed by atoms with Crippen molar-refractivity contribution >= 4 is 56.3 Å². The molecule has 3 aliphatic rings. The van der Waals surface area contributed by atoms with Crippen molar-refractivity contribution in [3.8, 4) is 21.9 Å². The first-order chi connectivity index (χ1) is 28.3. The molecule has 12 heteroatoms. The van der Waals surface area contributed by atoms with Crippen LogP contribution in [0.5, 0.6) is 11.5 Å². The van der Waals surface area contributed by atoms with E-state index in [1.165, 1.54) is 26.3 Å². The van der Waals surface area contributed by atoms with Gasteiger partial charge in [-0.15, -0.1) is 22.7 Å². The molecule has 9 nitrogen and oxygen atoms in total. The highest BCUT2D eigenvalue weighted by atomic mass is 32.2. The number of hydrogen-bond donors (Lipinski definition) is 0. The molecule has 3 aromatic heterocycles. The van der Waals surface area contributed by atoms with Crippen LogP contribution in [0, 0.1) is 0 Å². The van der Waals surface area contributed by atoms with Crippen molar-refractivity contribution in [2.24, 2.45) is 4.99 Å². The number of thiophene rings is 2. The summed E-state index contributed by atoms with van der Waals surface area (Å²) in [7, 11) is 1.67. The fourth-order valence-corrected chi connectivity index (χ4v) is 12.0. The fraction of sp³-hybridized carbons (Fsp3) is 0.348. The van der Waals surface area contributed by atoms with Gasteiger partial charge in [-0.1, -0.05) is 49.4 Å². The molecule has 0 spiro atoms. The topological polar surface area (TPSA) is 95.1 Å². The lowest BCUT2D eigenvalue weighted by atomic mass is 9.81. The summed E-state index contributed by atoms with van der Waals surface area (Å²) in [6, 6.07) is 28.1. The number of fused-ring (bicyclic) bond motifs is 4. The maximum atomic E-state index is 14.4. The van der Waals surface area contributed by atoms with Gasteiger partial charge >= 0.3 is 5.69 Å². The molecule has 0 unspecified atom stereocenters. The number of benzene rings is 3. The average Bonchev–Trinajstić information content (AvgIpc) is 3.93. The Kier molecular flexibility index (Phi) is 10.9. The molecule has 0 bridgehead atoms. The van der Waals surface area contributed by atoms with Gasteiger partial charge in [0.05, 0.1) is 37.5 Å². The number of aromatic nitrogens is 2. The third-order valence-corrected chi connectivity index (χ3v) is 15.2. The Labute approximate surface area is 350 Å². The number of aliphatic imine (C=N–C) groups is 1.